The van der Waals surface area contributed by atoms with Crippen molar-refractivity contribution in [3.05, 3.63) is 82.6 Å². The van der Waals surface area contributed by atoms with Gasteiger partial charge in [-0.2, -0.15) is 0 Å². The van der Waals surface area contributed by atoms with Crippen molar-refractivity contribution in [2.24, 2.45) is 0 Å². The number of halogens is 2. The number of carboxylic acid groups (broad SMARTS) is 1. The zero-order valence-electron chi connectivity index (χ0n) is 14.5. The highest BCUT2D eigenvalue weighted by Gasteiger charge is 2.16. The Bertz CT molecular complexity index is 1170. The number of hydrogen-bond donors (Lipinski definition) is 1. The summed E-state index contributed by atoms with van der Waals surface area (Å²) in [7, 11) is 0. The quantitative estimate of drug-likeness (QED) is 0.410. The molecule has 4 aromatic rings. The summed E-state index contributed by atoms with van der Waals surface area (Å²) in [6, 6.07) is 16.6. The number of fused-ring (bicyclic) bond motifs is 1. The van der Waals surface area contributed by atoms with Gasteiger partial charge in [0, 0.05) is 29.4 Å². The summed E-state index contributed by atoms with van der Waals surface area (Å²) in [6.45, 7) is 0.374. The van der Waals surface area contributed by atoms with Crippen molar-refractivity contribution in [1.82, 2.24) is 9.55 Å². The zero-order chi connectivity index (χ0) is 19.7. The van der Waals surface area contributed by atoms with Gasteiger partial charge in [0.2, 0.25) is 5.88 Å². The highest BCUT2D eigenvalue weighted by molar-refractivity contribution is 6.42. The van der Waals surface area contributed by atoms with Crippen molar-refractivity contribution in [1.29, 1.82) is 0 Å². The fourth-order valence-electron chi connectivity index (χ4n) is 3.19. The standard InChI is InChI=1S/C21H14Cl2N2O3/c22-17-7-6-13(9-18(17)23)12-25-19-5-1-4-15(14-3-2-8-24-11-14)16(19)10-20(25)28-21(26)27/h1-11H,12H2,(H,26,27). The molecule has 28 heavy (non-hydrogen) atoms. The molecular formula is C21H14Cl2N2O3. The average molecular weight is 413 g/mol. The second-order valence-electron chi connectivity index (χ2n) is 6.17. The van der Waals surface area contributed by atoms with Crippen LogP contribution in [0.4, 0.5) is 4.79 Å². The summed E-state index contributed by atoms with van der Waals surface area (Å²) in [5, 5.41) is 10.9. The predicted octanol–water partition coefficient (Wildman–Crippen LogP) is 6.12. The van der Waals surface area contributed by atoms with Gasteiger partial charge in [-0.3, -0.25) is 4.98 Å². The topological polar surface area (TPSA) is 64.3 Å². The number of rotatable bonds is 4. The van der Waals surface area contributed by atoms with Gasteiger partial charge in [-0.05, 0) is 35.4 Å². The van der Waals surface area contributed by atoms with Gasteiger partial charge in [0.05, 0.1) is 22.1 Å². The molecule has 0 saturated heterocycles. The fourth-order valence-corrected chi connectivity index (χ4v) is 3.51. The molecule has 2 heterocycles. The first-order chi connectivity index (χ1) is 13.5. The first-order valence-electron chi connectivity index (χ1n) is 8.40. The normalized spacial score (nSPS) is 10.9. The van der Waals surface area contributed by atoms with Gasteiger partial charge >= 0.3 is 6.16 Å². The molecule has 0 aliphatic carbocycles. The smallest absolute Gasteiger partial charge is 0.449 e. The van der Waals surface area contributed by atoms with Gasteiger partial charge < -0.3 is 14.4 Å². The summed E-state index contributed by atoms with van der Waals surface area (Å²) in [4.78, 5) is 15.4. The van der Waals surface area contributed by atoms with Crippen LogP contribution in [0.1, 0.15) is 5.56 Å². The van der Waals surface area contributed by atoms with E-state index in [1.54, 1.807) is 35.2 Å². The highest BCUT2D eigenvalue weighted by atomic mass is 35.5. The van der Waals surface area contributed by atoms with Gasteiger partial charge in [0.25, 0.3) is 0 Å². The van der Waals surface area contributed by atoms with Crippen LogP contribution in [-0.2, 0) is 6.54 Å². The van der Waals surface area contributed by atoms with Crippen molar-refractivity contribution in [3.63, 3.8) is 0 Å². The van der Waals surface area contributed by atoms with E-state index in [0.29, 0.717) is 16.6 Å². The molecule has 0 amide bonds. The number of hydrogen-bond acceptors (Lipinski definition) is 3. The largest absolute Gasteiger partial charge is 0.512 e. The Morgan fingerprint density at radius 2 is 1.93 bits per heavy atom. The predicted molar refractivity (Wildman–Crippen MR) is 109 cm³/mol. The van der Waals surface area contributed by atoms with Crippen molar-refractivity contribution in [2.75, 3.05) is 0 Å². The minimum absolute atomic E-state index is 0.227. The molecule has 0 aliphatic heterocycles. The van der Waals surface area contributed by atoms with Crippen LogP contribution in [0.5, 0.6) is 5.88 Å². The lowest BCUT2D eigenvalue weighted by Gasteiger charge is -2.11. The van der Waals surface area contributed by atoms with E-state index in [2.05, 4.69) is 4.98 Å². The minimum atomic E-state index is -1.37. The second-order valence-corrected chi connectivity index (χ2v) is 6.98. The lowest BCUT2D eigenvalue weighted by Crippen LogP contribution is -2.09. The van der Waals surface area contributed by atoms with Crippen LogP contribution in [-0.4, -0.2) is 20.8 Å². The Morgan fingerprint density at radius 1 is 1.07 bits per heavy atom. The Balaban J connectivity index is 1.88. The van der Waals surface area contributed by atoms with Crippen LogP contribution in [0, 0.1) is 0 Å². The molecule has 0 atom stereocenters. The van der Waals surface area contributed by atoms with E-state index in [1.807, 2.05) is 36.4 Å². The maximum Gasteiger partial charge on any atom is 0.512 e. The monoisotopic (exact) mass is 412 g/mol. The molecule has 0 fully saturated rings. The van der Waals surface area contributed by atoms with Crippen LogP contribution >= 0.6 is 23.2 Å². The van der Waals surface area contributed by atoms with E-state index in [-0.39, 0.29) is 5.88 Å². The van der Waals surface area contributed by atoms with E-state index in [4.69, 9.17) is 33.0 Å². The molecule has 2 aromatic heterocycles. The van der Waals surface area contributed by atoms with E-state index in [9.17, 15) is 4.79 Å². The Kier molecular flexibility index (Phi) is 4.94. The molecule has 7 heteroatoms. The van der Waals surface area contributed by atoms with Crippen LogP contribution in [0.3, 0.4) is 0 Å². The Morgan fingerprint density at radius 3 is 2.64 bits per heavy atom. The van der Waals surface area contributed by atoms with Gasteiger partial charge in [-0.25, -0.2) is 4.79 Å². The Hall–Kier alpha value is -3.02. The van der Waals surface area contributed by atoms with E-state index in [0.717, 1.165) is 27.6 Å². The summed E-state index contributed by atoms with van der Waals surface area (Å²) in [6.07, 6.45) is 2.10. The molecule has 0 bridgehead atoms. The lowest BCUT2D eigenvalue weighted by atomic mass is 10.0. The number of aromatic nitrogens is 2. The molecule has 4 rings (SSSR count). The molecular weight excluding hydrogens is 399 g/mol. The van der Waals surface area contributed by atoms with Crippen molar-refractivity contribution in [3.8, 4) is 17.0 Å². The average Bonchev–Trinajstić information content (AvgIpc) is 3.02. The number of carbonyl (C=O) groups is 1. The van der Waals surface area contributed by atoms with Crippen molar-refractivity contribution < 1.29 is 14.6 Å². The van der Waals surface area contributed by atoms with Crippen molar-refractivity contribution >= 4 is 40.3 Å². The van der Waals surface area contributed by atoms with E-state index >= 15 is 0 Å². The first-order valence-corrected chi connectivity index (χ1v) is 9.16. The minimum Gasteiger partial charge on any atom is -0.449 e. The molecule has 0 spiro atoms. The molecule has 0 unspecified atom stereocenters. The summed E-state index contributed by atoms with van der Waals surface area (Å²) < 4.78 is 6.85. The fraction of sp³-hybridized carbons (Fsp3) is 0.0476. The highest BCUT2D eigenvalue weighted by Crippen LogP contribution is 2.35. The zero-order valence-corrected chi connectivity index (χ0v) is 16.0. The molecule has 0 radical (unpaired) electrons. The van der Waals surface area contributed by atoms with Gasteiger partial charge in [0.15, 0.2) is 0 Å². The molecule has 0 aliphatic rings. The molecule has 1 N–H and O–H groups in total. The second kappa shape index (κ2) is 7.54. The van der Waals surface area contributed by atoms with Crippen LogP contribution in [0.2, 0.25) is 10.0 Å². The number of nitrogens with zero attached hydrogens (tertiary/aromatic N) is 2. The third-order valence-electron chi connectivity index (χ3n) is 4.40. The molecule has 0 saturated carbocycles. The Labute approximate surface area is 170 Å². The SMILES string of the molecule is O=C(O)Oc1cc2c(-c3cccnc3)cccc2n1Cc1ccc(Cl)c(Cl)c1. The summed E-state index contributed by atoms with van der Waals surface area (Å²) >= 11 is 12.1. The van der Waals surface area contributed by atoms with Gasteiger partial charge in [0.1, 0.15) is 0 Å². The first kappa shape index (κ1) is 18.3. The molecule has 2 aromatic carbocycles. The molecule has 140 valence electrons. The number of ether oxygens (including phenoxy) is 1. The number of benzene rings is 2. The summed E-state index contributed by atoms with van der Waals surface area (Å²) in [5.74, 6) is 0.227. The maximum absolute atomic E-state index is 11.2. The van der Waals surface area contributed by atoms with Crippen molar-refractivity contribution in [2.45, 2.75) is 6.54 Å². The summed E-state index contributed by atoms with van der Waals surface area (Å²) in [5.41, 5.74) is 3.58. The molecule has 5 nitrogen and oxygen atoms in total. The van der Waals surface area contributed by atoms with E-state index in [1.165, 1.54) is 0 Å². The number of pyridine rings is 1. The van der Waals surface area contributed by atoms with Gasteiger partial charge in [-0.1, -0.05) is 47.5 Å². The maximum atomic E-state index is 11.2. The third kappa shape index (κ3) is 3.54. The van der Waals surface area contributed by atoms with E-state index < -0.39 is 6.16 Å². The third-order valence-corrected chi connectivity index (χ3v) is 5.14. The van der Waals surface area contributed by atoms with Gasteiger partial charge in [-0.15, -0.1) is 0 Å². The van der Waals surface area contributed by atoms with Crippen LogP contribution in [0.15, 0.2) is 67.0 Å². The van der Waals surface area contributed by atoms with Crippen LogP contribution < -0.4 is 4.74 Å². The lowest BCUT2D eigenvalue weighted by molar-refractivity contribution is 0.141. The van der Waals surface area contributed by atoms with Crippen LogP contribution in [0.25, 0.3) is 22.0 Å².